The van der Waals surface area contributed by atoms with Gasteiger partial charge in [0.15, 0.2) is 0 Å². The second-order valence-electron chi connectivity index (χ2n) is 12.1. The topological polar surface area (TPSA) is 31.2 Å². The Kier molecular flexibility index (Phi) is 18.2. The minimum absolute atomic E-state index is 0.931. The molecule has 0 aliphatic heterocycles. The van der Waals surface area contributed by atoms with Crippen molar-refractivity contribution < 1.29 is 14.9 Å². The van der Waals surface area contributed by atoms with Gasteiger partial charge in [-0.1, -0.05) is 77.3 Å². The van der Waals surface area contributed by atoms with Crippen molar-refractivity contribution in [1.29, 1.82) is 0 Å². The Labute approximate surface area is 282 Å². The van der Waals surface area contributed by atoms with Crippen molar-refractivity contribution in [3.63, 3.8) is 0 Å². The quantitative estimate of drug-likeness (QED) is 0.114. The summed E-state index contributed by atoms with van der Waals surface area (Å²) >= 11 is 1.51. The normalized spacial score (nSPS) is 12.0. The summed E-state index contributed by atoms with van der Waals surface area (Å²) in [4.78, 5) is 9.93. The molecule has 3 rings (SSSR count). The van der Waals surface area contributed by atoms with Crippen LogP contribution in [0.25, 0.3) is 11.1 Å². The Morgan fingerprint density at radius 2 is 1.27 bits per heavy atom. The van der Waals surface area contributed by atoms with E-state index in [0.29, 0.717) is 0 Å². The predicted octanol–water partition coefficient (Wildman–Crippen LogP) is 10.8. The Balaban J connectivity index is 0.000000900. The Morgan fingerprint density at radius 3 is 1.82 bits per heavy atom. The second-order valence-corrected chi connectivity index (χ2v) is 14.0. The number of hydrogen-bond donors (Lipinski definition) is 0. The van der Waals surface area contributed by atoms with Gasteiger partial charge in [-0.05, 0) is 122 Å². The SMILES string of the molecule is CCCCc1cc(N=CC(C)=Nc2cc(CCCC)c(CCCC)c(-c3ccccc3)c2)cc(CC)c1C.C[N](C)[Ni][N](C)C. The van der Waals surface area contributed by atoms with Gasteiger partial charge >= 0.3 is 51.0 Å². The third kappa shape index (κ3) is 13.7. The van der Waals surface area contributed by atoms with Gasteiger partial charge in [-0.2, -0.15) is 0 Å². The van der Waals surface area contributed by atoms with E-state index in [2.05, 4.69) is 104 Å². The van der Waals surface area contributed by atoms with E-state index in [4.69, 9.17) is 9.98 Å². The van der Waals surface area contributed by atoms with Gasteiger partial charge in [-0.15, -0.1) is 0 Å². The van der Waals surface area contributed by atoms with Gasteiger partial charge in [0.2, 0.25) is 0 Å². The summed E-state index contributed by atoms with van der Waals surface area (Å²) in [5, 5.41) is 0. The minimum atomic E-state index is 0.931. The van der Waals surface area contributed by atoms with Gasteiger partial charge < -0.3 is 0 Å². The second kappa shape index (κ2) is 21.3. The van der Waals surface area contributed by atoms with Crippen LogP contribution in [0.4, 0.5) is 11.4 Å². The molecule has 0 heterocycles. The van der Waals surface area contributed by atoms with Crippen molar-refractivity contribution in [3.05, 3.63) is 82.4 Å². The first kappa shape index (κ1) is 38.6. The van der Waals surface area contributed by atoms with Crippen molar-refractivity contribution in [3.8, 4) is 11.1 Å². The standard InChI is InChI=1S/C36H48N2.2C2H6N.Ni/c1-7-11-17-31-23-33(22-29(10-4)28(31)6)37-26-27(5)38-34-24-32(18-12-8-2)35(21-13-9-3)36(25-34)30-19-15-14-16-20-30;2*1-3-2;/h14-16,19-20,22-26H,7-13,17-18,21H2,1-6H3;2*1-2H3;/q;2*-1;+2. The van der Waals surface area contributed by atoms with E-state index in [0.717, 1.165) is 42.8 Å². The molecule has 0 saturated heterocycles. The molecule has 0 atom stereocenters. The molecule has 0 aliphatic carbocycles. The van der Waals surface area contributed by atoms with Gasteiger partial charge in [-0.3, -0.25) is 9.98 Å². The first-order valence-electron chi connectivity index (χ1n) is 17.0. The fourth-order valence-electron chi connectivity index (χ4n) is 5.44. The van der Waals surface area contributed by atoms with Crippen LogP contribution in [0.1, 0.15) is 101 Å². The average molecular weight is 656 g/mol. The van der Waals surface area contributed by atoms with Crippen molar-refractivity contribution in [2.45, 2.75) is 106 Å². The summed E-state index contributed by atoms with van der Waals surface area (Å²) in [6, 6.07) is 20.0. The zero-order valence-corrected chi connectivity index (χ0v) is 30.9. The molecular weight excluding hydrogens is 595 g/mol. The third-order valence-corrected chi connectivity index (χ3v) is 8.53. The van der Waals surface area contributed by atoms with Crippen LogP contribution in [0.2, 0.25) is 0 Å². The number of nitrogens with zero attached hydrogens (tertiary/aromatic N) is 4. The zero-order chi connectivity index (χ0) is 33.2. The molecular formula is C40H60N4Ni. The number of aliphatic imine (C=N–C) groups is 2. The van der Waals surface area contributed by atoms with E-state index in [1.54, 1.807) is 0 Å². The van der Waals surface area contributed by atoms with E-state index in [1.807, 2.05) is 34.4 Å². The summed E-state index contributed by atoms with van der Waals surface area (Å²) < 4.78 is 4.12. The Morgan fingerprint density at radius 1 is 0.711 bits per heavy atom. The summed E-state index contributed by atoms with van der Waals surface area (Å²) in [5.41, 5.74) is 12.8. The molecule has 0 aromatic heterocycles. The van der Waals surface area contributed by atoms with Crippen LogP contribution < -0.4 is 0 Å². The summed E-state index contributed by atoms with van der Waals surface area (Å²) in [6.07, 6.45) is 13.6. The molecule has 0 bridgehead atoms. The predicted molar refractivity (Wildman–Crippen MR) is 197 cm³/mol. The number of unbranched alkanes of at least 4 members (excludes halogenated alkanes) is 3. The van der Waals surface area contributed by atoms with Gasteiger partial charge in [-0.25, -0.2) is 0 Å². The molecule has 0 radical (unpaired) electrons. The van der Waals surface area contributed by atoms with Crippen LogP contribution in [0.5, 0.6) is 0 Å². The van der Waals surface area contributed by atoms with Crippen molar-refractivity contribution >= 4 is 23.3 Å². The summed E-state index contributed by atoms with van der Waals surface area (Å²) in [7, 11) is 8.11. The molecule has 3 aromatic rings. The van der Waals surface area contributed by atoms with Crippen molar-refractivity contribution in [1.82, 2.24) is 7.96 Å². The maximum atomic E-state index is 5.05. The summed E-state index contributed by atoms with van der Waals surface area (Å²) in [5.74, 6) is 0. The van der Waals surface area contributed by atoms with Crippen molar-refractivity contribution in [2.24, 2.45) is 9.98 Å². The average Bonchev–Trinajstić information content (AvgIpc) is 3.01. The maximum absolute atomic E-state index is 5.05. The third-order valence-electron chi connectivity index (χ3n) is 7.74. The van der Waals surface area contributed by atoms with E-state index in [-0.39, 0.29) is 0 Å². The van der Waals surface area contributed by atoms with Crippen LogP contribution in [0.15, 0.2) is 64.6 Å². The van der Waals surface area contributed by atoms with Gasteiger partial charge in [0.25, 0.3) is 0 Å². The molecule has 250 valence electrons. The number of aryl methyl sites for hydroxylation is 3. The van der Waals surface area contributed by atoms with Crippen LogP contribution in [0, 0.1) is 6.92 Å². The van der Waals surface area contributed by atoms with E-state index < -0.39 is 0 Å². The molecule has 0 spiro atoms. The molecule has 0 N–H and O–H groups in total. The number of benzene rings is 3. The van der Waals surface area contributed by atoms with E-state index >= 15 is 0 Å². The molecule has 5 heteroatoms. The molecule has 0 unspecified atom stereocenters. The first-order valence-corrected chi connectivity index (χ1v) is 17.9. The summed E-state index contributed by atoms with van der Waals surface area (Å²) in [6.45, 7) is 13.4. The van der Waals surface area contributed by atoms with Crippen LogP contribution in [-0.2, 0) is 40.5 Å². The zero-order valence-electron chi connectivity index (χ0n) is 29.9. The molecule has 45 heavy (non-hydrogen) atoms. The van der Waals surface area contributed by atoms with Gasteiger partial charge in [0, 0.05) is 6.21 Å². The number of rotatable bonds is 16. The Bertz CT molecular complexity index is 1340. The van der Waals surface area contributed by atoms with Crippen molar-refractivity contribution in [2.75, 3.05) is 28.2 Å². The van der Waals surface area contributed by atoms with E-state index in [1.165, 1.54) is 92.3 Å². The number of hydrogen-bond acceptors (Lipinski definition) is 4. The van der Waals surface area contributed by atoms with Gasteiger partial charge in [0.05, 0.1) is 17.1 Å². The molecule has 0 fully saturated rings. The monoisotopic (exact) mass is 654 g/mol. The first-order chi connectivity index (χ1) is 21.6. The molecule has 3 aromatic carbocycles. The van der Waals surface area contributed by atoms with Gasteiger partial charge in [0.1, 0.15) is 0 Å². The van der Waals surface area contributed by atoms with E-state index in [9.17, 15) is 0 Å². The molecule has 4 nitrogen and oxygen atoms in total. The van der Waals surface area contributed by atoms with Crippen LogP contribution >= 0.6 is 0 Å². The molecule has 0 aliphatic rings. The molecule has 0 amide bonds. The van der Waals surface area contributed by atoms with Crippen LogP contribution in [0.3, 0.4) is 0 Å². The fourth-order valence-corrected chi connectivity index (χ4v) is 6.23. The Hall–Kier alpha value is -2.59. The fraction of sp³-hybridized carbons (Fsp3) is 0.500. The molecule has 0 saturated carbocycles. The van der Waals surface area contributed by atoms with Crippen LogP contribution in [-0.4, -0.2) is 48.1 Å².